The zero-order valence-corrected chi connectivity index (χ0v) is 14.7. The molecule has 1 aromatic heterocycles. The first-order valence-corrected chi connectivity index (χ1v) is 8.67. The van der Waals surface area contributed by atoms with Gasteiger partial charge in [-0.1, -0.05) is 6.07 Å². The molecule has 0 unspecified atom stereocenters. The van der Waals surface area contributed by atoms with Crippen molar-refractivity contribution >= 4 is 11.7 Å². The number of anilines is 1. The predicted molar refractivity (Wildman–Crippen MR) is 97.1 cm³/mol. The molecule has 132 valence electrons. The zero-order valence-electron chi connectivity index (χ0n) is 14.7. The number of rotatable bonds is 6. The highest BCUT2D eigenvalue weighted by molar-refractivity contribution is 5.69. The largest absolute Gasteiger partial charge is 0.489 e. The van der Waals surface area contributed by atoms with E-state index in [1.165, 1.54) is 0 Å². The molecule has 1 N–H and O–H groups in total. The van der Waals surface area contributed by atoms with Crippen LogP contribution in [0.25, 0.3) is 0 Å². The van der Waals surface area contributed by atoms with E-state index in [1.807, 2.05) is 50.2 Å². The van der Waals surface area contributed by atoms with Gasteiger partial charge in [0, 0.05) is 35.2 Å². The number of hydrogen-bond acceptors (Lipinski definition) is 4. The van der Waals surface area contributed by atoms with Crippen LogP contribution in [0, 0.1) is 13.8 Å². The van der Waals surface area contributed by atoms with E-state index in [0.717, 1.165) is 47.8 Å². The first-order chi connectivity index (χ1) is 12.0. The second-order valence-corrected chi connectivity index (χ2v) is 6.57. The molecule has 1 aliphatic heterocycles. The highest BCUT2D eigenvalue weighted by Gasteiger charge is 2.26. The van der Waals surface area contributed by atoms with Gasteiger partial charge in [0.05, 0.1) is 6.42 Å². The molecule has 0 bridgehead atoms. The highest BCUT2D eigenvalue weighted by atomic mass is 16.5. The maximum Gasteiger partial charge on any atom is 0.305 e. The Morgan fingerprint density at radius 3 is 2.68 bits per heavy atom. The summed E-state index contributed by atoms with van der Waals surface area (Å²) < 4.78 is 5.87. The van der Waals surface area contributed by atoms with E-state index in [2.05, 4.69) is 9.88 Å². The minimum atomic E-state index is -0.737. The molecule has 2 aromatic rings. The Labute approximate surface area is 148 Å². The summed E-state index contributed by atoms with van der Waals surface area (Å²) >= 11 is 0. The van der Waals surface area contributed by atoms with Crippen molar-refractivity contribution in [3.63, 3.8) is 0 Å². The summed E-state index contributed by atoms with van der Waals surface area (Å²) in [4.78, 5) is 17.6. The van der Waals surface area contributed by atoms with Gasteiger partial charge in [-0.3, -0.25) is 9.78 Å². The minimum absolute atomic E-state index is 0.0885. The van der Waals surface area contributed by atoms with Gasteiger partial charge in [0.2, 0.25) is 0 Å². The minimum Gasteiger partial charge on any atom is -0.489 e. The van der Waals surface area contributed by atoms with Gasteiger partial charge < -0.3 is 14.7 Å². The van der Waals surface area contributed by atoms with Crippen LogP contribution in [0.2, 0.25) is 0 Å². The van der Waals surface area contributed by atoms with Crippen LogP contribution in [-0.4, -0.2) is 28.6 Å². The Morgan fingerprint density at radius 2 is 2.00 bits per heavy atom. The smallest absolute Gasteiger partial charge is 0.305 e. The third-order valence-corrected chi connectivity index (χ3v) is 4.68. The van der Waals surface area contributed by atoms with Crippen molar-refractivity contribution < 1.29 is 14.6 Å². The average Bonchev–Trinajstić information content (AvgIpc) is 3.02. The van der Waals surface area contributed by atoms with Crippen molar-refractivity contribution in [3.05, 3.63) is 53.3 Å². The molecule has 0 amide bonds. The number of aryl methyl sites for hydroxylation is 2. The fourth-order valence-corrected chi connectivity index (χ4v) is 3.35. The fourth-order valence-electron chi connectivity index (χ4n) is 3.35. The van der Waals surface area contributed by atoms with Gasteiger partial charge in [-0.05, 0) is 57.0 Å². The van der Waals surface area contributed by atoms with Crippen LogP contribution in [0.4, 0.5) is 5.69 Å². The highest BCUT2D eigenvalue weighted by Crippen LogP contribution is 2.29. The summed E-state index contributed by atoms with van der Waals surface area (Å²) in [5.74, 6) is 0.0663. The molecule has 5 heteroatoms. The number of hydrogen-bond donors (Lipinski definition) is 1. The van der Waals surface area contributed by atoms with Crippen molar-refractivity contribution in [3.8, 4) is 5.75 Å². The van der Waals surface area contributed by atoms with Crippen LogP contribution in [-0.2, 0) is 11.4 Å². The first kappa shape index (κ1) is 17.3. The molecule has 5 nitrogen and oxygen atoms in total. The van der Waals surface area contributed by atoms with Crippen LogP contribution in [0.1, 0.15) is 36.2 Å². The molecule has 3 rings (SSSR count). The number of pyridine rings is 1. The molecule has 1 aliphatic rings. The summed E-state index contributed by atoms with van der Waals surface area (Å²) in [7, 11) is 0. The van der Waals surface area contributed by atoms with Crippen molar-refractivity contribution in [2.75, 3.05) is 11.4 Å². The standard InChI is InChI=1S/C20H24N2O3/c1-14-5-6-16(15(2)21-14)13-25-19-9-7-17(8-10-19)22-11-3-4-18(22)12-20(23)24/h5-10,18H,3-4,11-13H2,1-2H3,(H,23,24)/t18-/m0/s1. The lowest BCUT2D eigenvalue weighted by atomic mass is 10.1. The summed E-state index contributed by atoms with van der Waals surface area (Å²) in [6.07, 6.45) is 2.16. The van der Waals surface area contributed by atoms with Crippen molar-refractivity contribution in [1.29, 1.82) is 0 Å². The van der Waals surface area contributed by atoms with E-state index >= 15 is 0 Å². The monoisotopic (exact) mass is 340 g/mol. The van der Waals surface area contributed by atoms with Gasteiger partial charge >= 0.3 is 5.97 Å². The maximum absolute atomic E-state index is 11.0. The van der Waals surface area contributed by atoms with Crippen molar-refractivity contribution in [1.82, 2.24) is 4.98 Å². The summed E-state index contributed by atoms with van der Waals surface area (Å²) in [6, 6.07) is 12.0. The predicted octanol–water partition coefficient (Wildman–Crippen LogP) is 3.72. The maximum atomic E-state index is 11.0. The zero-order chi connectivity index (χ0) is 17.8. The molecule has 1 atom stereocenters. The fraction of sp³-hybridized carbons (Fsp3) is 0.400. The van der Waals surface area contributed by atoms with E-state index in [-0.39, 0.29) is 12.5 Å². The Bertz CT molecular complexity index is 743. The Kier molecular flexibility index (Phi) is 5.22. The van der Waals surface area contributed by atoms with Gasteiger partial charge in [-0.2, -0.15) is 0 Å². The Morgan fingerprint density at radius 1 is 1.24 bits per heavy atom. The summed E-state index contributed by atoms with van der Waals surface area (Å²) in [5.41, 5.74) is 4.14. The topological polar surface area (TPSA) is 62.7 Å². The number of aliphatic carboxylic acids is 1. The number of carbonyl (C=O) groups is 1. The lowest BCUT2D eigenvalue weighted by molar-refractivity contribution is -0.137. The number of nitrogens with zero attached hydrogens (tertiary/aromatic N) is 2. The van der Waals surface area contributed by atoms with Crippen LogP contribution >= 0.6 is 0 Å². The summed E-state index contributed by atoms with van der Waals surface area (Å²) in [6.45, 7) is 5.37. The van der Waals surface area contributed by atoms with Gasteiger partial charge in [-0.15, -0.1) is 0 Å². The third kappa shape index (κ3) is 4.29. The van der Waals surface area contributed by atoms with Crippen LogP contribution < -0.4 is 9.64 Å². The lowest BCUT2D eigenvalue weighted by Gasteiger charge is -2.25. The van der Waals surface area contributed by atoms with Crippen molar-refractivity contribution in [2.45, 2.75) is 45.8 Å². The molecule has 25 heavy (non-hydrogen) atoms. The molecule has 2 heterocycles. The average molecular weight is 340 g/mol. The van der Waals surface area contributed by atoms with Gasteiger partial charge in [-0.25, -0.2) is 0 Å². The second-order valence-electron chi connectivity index (χ2n) is 6.57. The third-order valence-electron chi connectivity index (χ3n) is 4.68. The Balaban J connectivity index is 1.63. The van der Waals surface area contributed by atoms with Crippen LogP contribution in [0.3, 0.4) is 0 Å². The quantitative estimate of drug-likeness (QED) is 0.868. The van der Waals surface area contributed by atoms with E-state index in [0.29, 0.717) is 6.61 Å². The number of benzene rings is 1. The first-order valence-electron chi connectivity index (χ1n) is 8.67. The van der Waals surface area contributed by atoms with Gasteiger partial charge in [0.1, 0.15) is 12.4 Å². The molecule has 1 fully saturated rings. The van der Waals surface area contributed by atoms with E-state index in [1.54, 1.807) is 0 Å². The normalized spacial score (nSPS) is 16.9. The SMILES string of the molecule is Cc1ccc(COc2ccc(N3CCC[C@H]3CC(=O)O)cc2)c(C)n1. The number of aromatic nitrogens is 1. The van der Waals surface area contributed by atoms with Crippen LogP contribution in [0.5, 0.6) is 5.75 Å². The molecule has 1 aromatic carbocycles. The molecule has 0 radical (unpaired) electrons. The summed E-state index contributed by atoms with van der Waals surface area (Å²) in [5, 5.41) is 9.05. The number of carboxylic acids is 1. The molecule has 1 saturated heterocycles. The van der Waals surface area contributed by atoms with Crippen LogP contribution in [0.15, 0.2) is 36.4 Å². The number of carboxylic acid groups (broad SMARTS) is 1. The number of ether oxygens (including phenoxy) is 1. The molecule has 0 saturated carbocycles. The lowest BCUT2D eigenvalue weighted by Crippen LogP contribution is -2.31. The molecule has 0 aliphatic carbocycles. The molecular formula is C20H24N2O3. The van der Waals surface area contributed by atoms with Gasteiger partial charge in [0.15, 0.2) is 0 Å². The molecular weight excluding hydrogens is 316 g/mol. The Hall–Kier alpha value is -2.56. The van der Waals surface area contributed by atoms with E-state index in [9.17, 15) is 4.79 Å². The van der Waals surface area contributed by atoms with Gasteiger partial charge in [0.25, 0.3) is 0 Å². The van der Waals surface area contributed by atoms with Crippen molar-refractivity contribution in [2.24, 2.45) is 0 Å². The molecule has 0 spiro atoms. The van der Waals surface area contributed by atoms with E-state index < -0.39 is 5.97 Å². The van der Waals surface area contributed by atoms with E-state index in [4.69, 9.17) is 9.84 Å². The second kappa shape index (κ2) is 7.55.